The van der Waals surface area contributed by atoms with Crippen LogP contribution in [0.25, 0.3) is 16.6 Å². The van der Waals surface area contributed by atoms with Gasteiger partial charge in [0.2, 0.25) is 0 Å². The van der Waals surface area contributed by atoms with E-state index < -0.39 is 0 Å². The standard InChI is InChI=1S/C16H15Cl2N3O/c17-13-5-4-11-6-7-20(16(11)15(13)18)12-9-19-21(10-12)14-3-1-2-8-22-14/h4-7,9-10,14H,1-3,8H2. The monoisotopic (exact) mass is 335 g/mol. The second-order valence-corrected chi connectivity index (χ2v) is 6.27. The average Bonchev–Trinajstić information content (AvgIpc) is 3.18. The molecule has 1 saturated heterocycles. The van der Waals surface area contributed by atoms with E-state index >= 15 is 0 Å². The Labute approximate surface area is 138 Å². The molecule has 0 bridgehead atoms. The highest BCUT2D eigenvalue weighted by molar-refractivity contribution is 6.45. The average molecular weight is 336 g/mol. The van der Waals surface area contributed by atoms with Gasteiger partial charge >= 0.3 is 0 Å². The third-order valence-electron chi connectivity index (χ3n) is 4.06. The van der Waals surface area contributed by atoms with Crippen LogP contribution in [0.5, 0.6) is 0 Å². The van der Waals surface area contributed by atoms with Crippen molar-refractivity contribution in [3.05, 3.63) is 46.8 Å². The van der Waals surface area contributed by atoms with Crippen molar-refractivity contribution in [2.45, 2.75) is 25.5 Å². The maximum Gasteiger partial charge on any atom is 0.150 e. The van der Waals surface area contributed by atoms with Crippen LogP contribution < -0.4 is 0 Å². The van der Waals surface area contributed by atoms with Crippen molar-refractivity contribution in [1.82, 2.24) is 14.3 Å². The summed E-state index contributed by atoms with van der Waals surface area (Å²) >= 11 is 12.5. The first kappa shape index (κ1) is 14.1. The van der Waals surface area contributed by atoms with E-state index in [4.69, 9.17) is 27.9 Å². The van der Waals surface area contributed by atoms with Crippen LogP contribution in [0.15, 0.2) is 36.8 Å². The Morgan fingerprint density at radius 3 is 2.91 bits per heavy atom. The molecule has 0 spiro atoms. The van der Waals surface area contributed by atoms with Crippen LogP contribution in [0, 0.1) is 0 Å². The molecule has 0 N–H and O–H groups in total. The van der Waals surface area contributed by atoms with Crippen molar-refractivity contribution in [2.24, 2.45) is 0 Å². The first-order valence-electron chi connectivity index (χ1n) is 7.35. The minimum Gasteiger partial charge on any atom is -0.357 e. The van der Waals surface area contributed by atoms with E-state index in [-0.39, 0.29) is 6.23 Å². The normalized spacial score (nSPS) is 18.9. The summed E-state index contributed by atoms with van der Waals surface area (Å²) in [6.45, 7) is 0.799. The topological polar surface area (TPSA) is 32.0 Å². The Morgan fingerprint density at radius 1 is 1.18 bits per heavy atom. The molecular formula is C16H15Cl2N3O. The van der Waals surface area contributed by atoms with Crippen LogP contribution in [-0.2, 0) is 4.74 Å². The number of aromatic nitrogens is 3. The van der Waals surface area contributed by atoms with Gasteiger partial charge in [0.15, 0.2) is 0 Å². The number of hydrogen-bond donors (Lipinski definition) is 0. The fraction of sp³-hybridized carbons (Fsp3) is 0.312. The molecule has 0 saturated carbocycles. The van der Waals surface area contributed by atoms with Gasteiger partial charge in [-0.05, 0) is 31.4 Å². The van der Waals surface area contributed by atoms with Crippen LogP contribution in [0.4, 0.5) is 0 Å². The van der Waals surface area contributed by atoms with Gasteiger partial charge in [-0.2, -0.15) is 5.10 Å². The smallest absolute Gasteiger partial charge is 0.150 e. The van der Waals surface area contributed by atoms with E-state index in [1.807, 2.05) is 46.0 Å². The molecule has 3 aromatic rings. The van der Waals surface area contributed by atoms with Gasteiger partial charge in [0.25, 0.3) is 0 Å². The summed E-state index contributed by atoms with van der Waals surface area (Å²) in [4.78, 5) is 0. The Morgan fingerprint density at radius 2 is 2.09 bits per heavy atom. The van der Waals surface area contributed by atoms with Crippen molar-refractivity contribution in [2.75, 3.05) is 6.61 Å². The first-order valence-corrected chi connectivity index (χ1v) is 8.11. The van der Waals surface area contributed by atoms with E-state index in [1.54, 1.807) is 0 Å². The molecule has 4 nitrogen and oxygen atoms in total. The van der Waals surface area contributed by atoms with Crippen LogP contribution in [0.2, 0.25) is 10.0 Å². The zero-order valence-corrected chi connectivity index (χ0v) is 13.4. The highest BCUT2D eigenvalue weighted by Gasteiger charge is 2.18. The molecule has 4 rings (SSSR count). The van der Waals surface area contributed by atoms with E-state index in [9.17, 15) is 0 Å². The molecule has 6 heteroatoms. The molecule has 3 heterocycles. The third-order valence-corrected chi connectivity index (χ3v) is 4.86. The lowest BCUT2D eigenvalue weighted by atomic mass is 10.2. The lowest BCUT2D eigenvalue weighted by Crippen LogP contribution is -2.18. The highest BCUT2D eigenvalue weighted by Crippen LogP contribution is 2.33. The van der Waals surface area contributed by atoms with E-state index in [1.165, 1.54) is 6.42 Å². The molecule has 1 unspecified atom stereocenters. The summed E-state index contributed by atoms with van der Waals surface area (Å²) in [5, 5.41) is 6.62. The summed E-state index contributed by atoms with van der Waals surface area (Å²) in [5.74, 6) is 0. The molecule has 1 fully saturated rings. The predicted molar refractivity (Wildman–Crippen MR) is 87.9 cm³/mol. The second kappa shape index (κ2) is 5.61. The lowest BCUT2D eigenvalue weighted by Gasteiger charge is -2.22. The number of ether oxygens (including phenoxy) is 1. The molecule has 0 radical (unpaired) electrons. The van der Waals surface area contributed by atoms with Gasteiger partial charge in [-0.25, -0.2) is 4.68 Å². The van der Waals surface area contributed by atoms with Crippen molar-refractivity contribution in [1.29, 1.82) is 0 Å². The quantitative estimate of drug-likeness (QED) is 0.671. The van der Waals surface area contributed by atoms with E-state index in [0.29, 0.717) is 10.0 Å². The zero-order valence-electron chi connectivity index (χ0n) is 11.9. The van der Waals surface area contributed by atoms with Gasteiger partial charge in [-0.15, -0.1) is 0 Å². The Kier molecular flexibility index (Phi) is 3.60. The number of halogens is 2. The molecule has 1 atom stereocenters. The van der Waals surface area contributed by atoms with Crippen molar-refractivity contribution in [3.8, 4) is 5.69 Å². The fourth-order valence-electron chi connectivity index (χ4n) is 2.92. The van der Waals surface area contributed by atoms with Crippen molar-refractivity contribution >= 4 is 34.1 Å². The van der Waals surface area contributed by atoms with Crippen LogP contribution in [-0.4, -0.2) is 21.0 Å². The van der Waals surface area contributed by atoms with Gasteiger partial charge < -0.3 is 9.30 Å². The molecule has 1 aliphatic heterocycles. The zero-order chi connectivity index (χ0) is 15.1. The molecule has 114 valence electrons. The molecular weight excluding hydrogens is 321 g/mol. The SMILES string of the molecule is Clc1ccc2ccn(-c3cnn(C4CCCCO4)c3)c2c1Cl. The number of hydrogen-bond acceptors (Lipinski definition) is 2. The lowest BCUT2D eigenvalue weighted by molar-refractivity contribution is -0.0394. The van der Waals surface area contributed by atoms with Crippen LogP contribution in [0.1, 0.15) is 25.5 Å². The van der Waals surface area contributed by atoms with Crippen molar-refractivity contribution in [3.63, 3.8) is 0 Å². The fourth-order valence-corrected chi connectivity index (χ4v) is 3.34. The number of benzene rings is 1. The number of nitrogens with zero attached hydrogens (tertiary/aromatic N) is 3. The largest absolute Gasteiger partial charge is 0.357 e. The summed E-state index contributed by atoms with van der Waals surface area (Å²) in [6, 6.07) is 5.80. The summed E-state index contributed by atoms with van der Waals surface area (Å²) in [5.41, 5.74) is 1.85. The van der Waals surface area contributed by atoms with Gasteiger partial charge in [-0.1, -0.05) is 29.3 Å². The molecule has 22 heavy (non-hydrogen) atoms. The molecule has 0 aliphatic carbocycles. The highest BCUT2D eigenvalue weighted by atomic mass is 35.5. The van der Waals surface area contributed by atoms with E-state index in [0.717, 1.165) is 36.0 Å². The number of fused-ring (bicyclic) bond motifs is 1. The molecule has 0 amide bonds. The van der Waals surface area contributed by atoms with Gasteiger partial charge in [-0.3, -0.25) is 0 Å². The maximum absolute atomic E-state index is 6.37. The summed E-state index contributed by atoms with van der Waals surface area (Å²) in [7, 11) is 0. The predicted octanol–water partition coefficient (Wildman–Crippen LogP) is 4.83. The van der Waals surface area contributed by atoms with Gasteiger partial charge in [0.05, 0.1) is 33.6 Å². The first-order chi connectivity index (χ1) is 10.7. The summed E-state index contributed by atoms with van der Waals surface area (Å²) < 4.78 is 9.67. The molecule has 2 aromatic heterocycles. The van der Waals surface area contributed by atoms with Crippen LogP contribution >= 0.6 is 23.2 Å². The Hall–Kier alpha value is -1.49. The third kappa shape index (κ3) is 2.32. The Bertz CT molecular complexity index is 818. The van der Waals surface area contributed by atoms with Crippen LogP contribution in [0.3, 0.4) is 0 Å². The minimum atomic E-state index is 0.0309. The maximum atomic E-state index is 6.37. The van der Waals surface area contributed by atoms with Gasteiger partial charge in [0.1, 0.15) is 6.23 Å². The second-order valence-electron chi connectivity index (χ2n) is 5.48. The van der Waals surface area contributed by atoms with E-state index in [2.05, 4.69) is 5.10 Å². The molecule has 1 aliphatic rings. The summed E-state index contributed by atoms with van der Waals surface area (Å²) in [6.07, 6.45) is 9.13. The molecule has 1 aromatic carbocycles. The minimum absolute atomic E-state index is 0.0309. The van der Waals surface area contributed by atoms with Crippen molar-refractivity contribution < 1.29 is 4.74 Å². The van der Waals surface area contributed by atoms with Gasteiger partial charge in [0, 0.05) is 18.2 Å². The Balaban J connectivity index is 1.76. The number of rotatable bonds is 2.